The highest BCUT2D eigenvalue weighted by Gasteiger charge is 2.42. The average molecular weight is 419 g/mol. The first-order chi connectivity index (χ1) is 14.3. The zero-order valence-corrected chi connectivity index (χ0v) is 15.4. The summed E-state index contributed by atoms with van der Waals surface area (Å²) < 4.78 is 45.0. The van der Waals surface area contributed by atoms with Crippen molar-refractivity contribution in [3.63, 3.8) is 0 Å². The number of nitrogens with one attached hydrogen (secondary N) is 1. The van der Waals surface area contributed by atoms with Crippen molar-refractivity contribution >= 4 is 17.5 Å². The molecule has 4 rings (SSSR count). The molecule has 0 aliphatic carbocycles. The number of rotatable bonds is 4. The van der Waals surface area contributed by atoms with Crippen LogP contribution in [0.15, 0.2) is 47.1 Å². The molecule has 1 aromatic carbocycles. The number of carbonyl (C=O) groups excluding carboxylic acids is 1. The molecular formula is C19H16F3N5O3. The van der Waals surface area contributed by atoms with E-state index in [1.165, 1.54) is 24.5 Å². The van der Waals surface area contributed by atoms with Crippen molar-refractivity contribution < 1.29 is 27.5 Å². The van der Waals surface area contributed by atoms with Crippen molar-refractivity contribution in [2.45, 2.75) is 18.7 Å². The van der Waals surface area contributed by atoms with E-state index in [0.29, 0.717) is 31.0 Å². The summed E-state index contributed by atoms with van der Waals surface area (Å²) in [6.45, 7) is 0.977. The second-order valence-corrected chi connectivity index (χ2v) is 6.67. The van der Waals surface area contributed by atoms with Crippen LogP contribution in [0.3, 0.4) is 0 Å². The molecule has 2 aromatic heterocycles. The maximum absolute atomic E-state index is 13.4. The predicted molar refractivity (Wildman–Crippen MR) is 99.8 cm³/mol. The first-order valence-electron chi connectivity index (χ1n) is 9.01. The number of alkyl halides is 3. The Hall–Kier alpha value is -3.47. The molecule has 1 aliphatic rings. The fourth-order valence-electron chi connectivity index (χ4n) is 3.03. The number of carbonyl (C=O) groups is 1. The summed E-state index contributed by atoms with van der Waals surface area (Å²) in [5.74, 6) is -2.54. The number of amides is 1. The molecule has 1 amide bonds. The van der Waals surface area contributed by atoms with E-state index in [-0.39, 0.29) is 11.6 Å². The van der Waals surface area contributed by atoms with Gasteiger partial charge in [-0.15, -0.1) is 0 Å². The SMILES string of the molecule is O=C(Nc1cnc(N2CC[C@H](O)C2)nc1)c1nc(-c2ccccc2)oc1C(F)(F)F. The highest BCUT2D eigenvalue weighted by molar-refractivity contribution is 6.03. The van der Waals surface area contributed by atoms with E-state index in [2.05, 4.69) is 20.3 Å². The monoisotopic (exact) mass is 419 g/mol. The van der Waals surface area contributed by atoms with Crippen LogP contribution in [0.2, 0.25) is 0 Å². The third-order valence-electron chi connectivity index (χ3n) is 4.46. The number of oxazole rings is 1. The van der Waals surface area contributed by atoms with Gasteiger partial charge in [0.15, 0.2) is 5.69 Å². The first-order valence-corrected chi connectivity index (χ1v) is 9.01. The molecule has 0 radical (unpaired) electrons. The minimum absolute atomic E-state index is 0.0980. The number of hydrogen-bond acceptors (Lipinski definition) is 7. The van der Waals surface area contributed by atoms with E-state index in [4.69, 9.17) is 4.42 Å². The number of halogens is 3. The molecular weight excluding hydrogens is 403 g/mol. The van der Waals surface area contributed by atoms with Crippen LogP contribution in [0, 0.1) is 0 Å². The Morgan fingerprint density at radius 2 is 1.90 bits per heavy atom. The lowest BCUT2D eigenvalue weighted by Gasteiger charge is -2.15. The van der Waals surface area contributed by atoms with Gasteiger partial charge in [-0.05, 0) is 18.6 Å². The number of hydrogen-bond donors (Lipinski definition) is 2. The molecule has 1 fully saturated rings. The molecule has 8 nitrogen and oxygen atoms in total. The van der Waals surface area contributed by atoms with Gasteiger partial charge < -0.3 is 19.7 Å². The second kappa shape index (κ2) is 7.75. The third kappa shape index (κ3) is 4.10. The predicted octanol–water partition coefficient (Wildman–Crippen LogP) is 2.97. The van der Waals surface area contributed by atoms with E-state index in [1.54, 1.807) is 23.1 Å². The van der Waals surface area contributed by atoms with E-state index in [1.807, 2.05) is 0 Å². The number of β-amino-alcohol motifs (C(OH)–C–C–N with tert-alkyl or cyclic N) is 1. The first kappa shape index (κ1) is 19.8. The van der Waals surface area contributed by atoms with Gasteiger partial charge in [0.2, 0.25) is 17.6 Å². The van der Waals surface area contributed by atoms with Crippen LogP contribution >= 0.6 is 0 Å². The van der Waals surface area contributed by atoms with Crippen molar-refractivity contribution in [1.82, 2.24) is 15.0 Å². The Balaban J connectivity index is 1.56. The lowest BCUT2D eigenvalue weighted by atomic mass is 10.2. The quantitative estimate of drug-likeness (QED) is 0.670. The molecule has 0 saturated carbocycles. The molecule has 1 saturated heterocycles. The van der Waals surface area contributed by atoms with Gasteiger partial charge in [-0.25, -0.2) is 15.0 Å². The fraction of sp³-hybridized carbons (Fsp3) is 0.263. The zero-order valence-electron chi connectivity index (χ0n) is 15.4. The van der Waals surface area contributed by atoms with Gasteiger partial charge in [-0.3, -0.25) is 4.79 Å². The number of aliphatic hydroxyl groups excluding tert-OH is 1. The highest BCUT2D eigenvalue weighted by atomic mass is 19.4. The Morgan fingerprint density at radius 3 is 2.50 bits per heavy atom. The second-order valence-electron chi connectivity index (χ2n) is 6.67. The lowest BCUT2D eigenvalue weighted by molar-refractivity contribution is -0.153. The maximum Gasteiger partial charge on any atom is 0.452 e. The van der Waals surface area contributed by atoms with Gasteiger partial charge in [0, 0.05) is 18.7 Å². The Labute approximate surface area is 168 Å². The number of anilines is 2. The maximum atomic E-state index is 13.4. The summed E-state index contributed by atoms with van der Waals surface area (Å²) in [7, 11) is 0. The summed E-state index contributed by atoms with van der Waals surface area (Å²) in [6.07, 6.45) is -2.21. The summed E-state index contributed by atoms with van der Waals surface area (Å²) >= 11 is 0. The summed E-state index contributed by atoms with van der Waals surface area (Å²) in [5, 5.41) is 11.9. The molecule has 156 valence electrons. The molecule has 3 aromatic rings. The fourth-order valence-corrected chi connectivity index (χ4v) is 3.03. The van der Waals surface area contributed by atoms with Crippen LogP contribution < -0.4 is 10.2 Å². The highest BCUT2D eigenvalue weighted by Crippen LogP contribution is 2.35. The largest absolute Gasteiger partial charge is 0.452 e. The molecule has 1 aliphatic heterocycles. The number of nitrogens with zero attached hydrogens (tertiary/aromatic N) is 4. The number of aliphatic hydroxyl groups is 1. The van der Waals surface area contributed by atoms with Crippen LogP contribution in [0.25, 0.3) is 11.5 Å². The Bertz CT molecular complexity index is 1040. The minimum atomic E-state index is -4.90. The lowest BCUT2D eigenvalue weighted by Crippen LogP contribution is -2.23. The van der Waals surface area contributed by atoms with Gasteiger partial charge in [0.25, 0.3) is 5.91 Å². The van der Waals surface area contributed by atoms with E-state index < -0.39 is 29.6 Å². The van der Waals surface area contributed by atoms with Gasteiger partial charge in [0.05, 0.1) is 24.2 Å². The standard InChI is InChI=1S/C19H16F3N5O3/c20-19(21,22)15-14(26-17(30-15)11-4-2-1-3-5-11)16(29)25-12-8-23-18(24-9-12)27-7-6-13(28)10-27/h1-5,8-9,13,28H,6-7,10H2,(H,25,29)/t13-/m0/s1. The van der Waals surface area contributed by atoms with Crippen molar-refractivity contribution in [3.8, 4) is 11.5 Å². The van der Waals surface area contributed by atoms with Crippen molar-refractivity contribution in [1.29, 1.82) is 0 Å². The topological polar surface area (TPSA) is 104 Å². The molecule has 11 heteroatoms. The van der Waals surface area contributed by atoms with Crippen molar-refractivity contribution in [3.05, 3.63) is 54.2 Å². The van der Waals surface area contributed by atoms with E-state index in [0.717, 1.165) is 0 Å². The van der Waals surface area contributed by atoms with E-state index in [9.17, 15) is 23.1 Å². The molecule has 2 N–H and O–H groups in total. The van der Waals surface area contributed by atoms with Gasteiger partial charge >= 0.3 is 6.18 Å². The van der Waals surface area contributed by atoms with Crippen LogP contribution in [-0.2, 0) is 6.18 Å². The van der Waals surface area contributed by atoms with Crippen molar-refractivity contribution in [2.75, 3.05) is 23.3 Å². The normalized spacial score (nSPS) is 16.7. The number of aromatic nitrogens is 3. The molecule has 0 bridgehead atoms. The van der Waals surface area contributed by atoms with Gasteiger partial charge in [-0.2, -0.15) is 13.2 Å². The van der Waals surface area contributed by atoms with Crippen molar-refractivity contribution in [2.24, 2.45) is 0 Å². The average Bonchev–Trinajstić information content (AvgIpc) is 3.36. The molecule has 0 spiro atoms. The smallest absolute Gasteiger partial charge is 0.431 e. The van der Waals surface area contributed by atoms with Crippen LogP contribution in [0.5, 0.6) is 0 Å². The molecule has 0 unspecified atom stereocenters. The Kier molecular flexibility index (Phi) is 5.12. The molecule has 3 heterocycles. The summed E-state index contributed by atoms with van der Waals surface area (Å²) in [6, 6.07) is 7.97. The van der Waals surface area contributed by atoms with Gasteiger partial charge in [0.1, 0.15) is 0 Å². The summed E-state index contributed by atoms with van der Waals surface area (Å²) in [5.41, 5.74) is -0.475. The zero-order chi connectivity index (χ0) is 21.3. The van der Waals surface area contributed by atoms with Crippen LogP contribution in [0.4, 0.5) is 24.8 Å². The Morgan fingerprint density at radius 1 is 1.20 bits per heavy atom. The summed E-state index contributed by atoms with van der Waals surface area (Å²) in [4.78, 5) is 26.2. The van der Waals surface area contributed by atoms with Crippen LogP contribution in [0.1, 0.15) is 22.7 Å². The van der Waals surface area contributed by atoms with Crippen LogP contribution in [-0.4, -0.2) is 45.2 Å². The molecule has 30 heavy (non-hydrogen) atoms. The van der Waals surface area contributed by atoms with E-state index >= 15 is 0 Å². The number of benzene rings is 1. The molecule has 1 atom stereocenters. The van der Waals surface area contributed by atoms with Gasteiger partial charge in [-0.1, -0.05) is 18.2 Å². The minimum Gasteiger partial charge on any atom is -0.431 e. The third-order valence-corrected chi connectivity index (χ3v) is 4.46.